The average Bonchev–Trinajstić information content (AvgIpc) is 2.67. The third-order valence-corrected chi connectivity index (χ3v) is 3.86. The molecule has 6 heteroatoms. The van der Waals surface area contributed by atoms with Crippen molar-refractivity contribution >= 4 is 22.7 Å². The lowest BCUT2D eigenvalue weighted by molar-refractivity contribution is -0.146. The molecule has 1 aliphatic rings. The first kappa shape index (κ1) is 11.8. The molecule has 0 bridgehead atoms. The lowest BCUT2D eigenvalue weighted by Crippen LogP contribution is -2.21. The van der Waals surface area contributed by atoms with Crippen molar-refractivity contribution < 1.29 is 18.6 Å². The number of hydrogen-bond donors (Lipinski definition) is 1. The van der Waals surface area contributed by atoms with Crippen molar-refractivity contribution in [3.63, 3.8) is 0 Å². The van der Waals surface area contributed by atoms with E-state index in [2.05, 4.69) is 4.84 Å². The summed E-state index contributed by atoms with van der Waals surface area (Å²) >= 11 is 0. The van der Waals surface area contributed by atoms with Gasteiger partial charge >= 0.3 is 5.97 Å². The third-order valence-electron chi connectivity index (χ3n) is 2.45. The van der Waals surface area contributed by atoms with Gasteiger partial charge in [0.25, 0.3) is 5.91 Å². The number of carbonyl (C=O) groups excluding carboxylic acids is 2. The zero-order chi connectivity index (χ0) is 12.3. The highest BCUT2D eigenvalue weighted by molar-refractivity contribution is 7.85. The molecule has 1 saturated heterocycles. The second-order valence-electron chi connectivity index (χ2n) is 3.59. The molecule has 1 N–H and O–H groups in total. The molecule has 0 aromatic heterocycles. The van der Waals surface area contributed by atoms with Gasteiger partial charge in [-0.25, -0.2) is 4.79 Å². The Labute approximate surface area is 101 Å². The molecule has 1 aromatic carbocycles. The Hall–Kier alpha value is -1.69. The van der Waals surface area contributed by atoms with E-state index in [-0.39, 0.29) is 12.2 Å². The van der Waals surface area contributed by atoms with Gasteiger partial charge in [0.05, 0.1) is 10.8 Å². The van der Waals surface area contributed by atoms with Gasteiger partial charge in [0.1, 0.15) is 5.92 Å². The van der Waals surface area contributed by atoms with E-state index in [1.807, 2.05) is 11.5 Å². The number of hydroxylamine groups is 1. The maximum atomic E-state index is 11.8. The summed E-state index contributed by atoms with van der Waals surface area (Å²) in [6.45, 7) is 0. The number of hydrogen-bond acceptors (Lipinski definition) is 4. The number of carbonyl (C=O) groups is 2. The average molecular weight is 253 g/mol. The van der Waals surface area contributed by atoms with E-state index < -0.39 is 28.6 Å². The van der Waals surface area contributed by atoms with E-state index >= 15 is 0 Å². The molecule has 90 valence electrons. The van der Waals surface area contributed by atoms with E-state index in [0.29, 0.717) is 4.90 Å². The quantitative estimate of drug-likeness (QED) is 0.788. The molecule has 2 rings (SSSR count). The number of benzene rings is 1. The monoisotopic (exact) mass is 253 g/mol. The molecule has 2 unspecified atom stereocenters. The molecule has 0 spiro atoms. The Balaban J connectivity index is 1.93. The molecular weight excluding hydrogens is 242 g/mol. The highest BCUT2D eigenvalue weighted by Gasteiger charge is 2.35. The maximum Gasteiger partial charge on any atom is 0.344 e. The van der Waals surface area contributed by atoms with Crippen molar-refractivity contribution in [3.05, 3.63) is 30.3 Å². The fraction of sp³-hybridized carbons (Fsp3) is 0.273. The summed E-state index contributed by atoms with van der Waals surface area (Å²) in [5.41, 5.74) is 2.00. The molecule has 0 saturated carbocycles. The van der Waals surface area contributed by atoms with Gasteiger partial charge in [-0.15, -0.1) is 0 Å². The van der Waals surface area contributed by atoms with Gasteiger partial charge in [-0.1, -0.05) is 18.2 Å². The number of nitrogens with one attached hydrogen (secondary N) is 1. The summed E-state index contributed by atoms with van der Waals surface area (Å²) in [4.78, 5) is 27.4. The maximum absolute atomic E-state index is 11.8. The van der Waals surface area contributed by atoms with Gasteiger partial charge in [-0.05, 0) is 18.6 Å². The highest BCUT2D eigenvalue weighted by atomic mass is 32.2. The lowest BCUT2D eigenvalue weighted by Gasteiger charge is -2.03. The second-order valence-corrected chi connectivity index (χ2v) is 5.16. The minimum atomic E-state index is -1.20. The molecule has 5 nitrogen and oxygen atoms in total. The Morgan fingerprint density at radius 1 is 1.24 bits per heavy atom. The molecule has 17 heavy (non-hydrogen) atoms. The first-order valence-corrected chi connectivity index (χ1v) is 6.44. The van der Waals surface area contributed by atoms with Crippen molar-refractivity contribution in [3.8, 4) is 0 Å². The summed E-state index contributed by atoms with van der Waals surface area (Å²) in [5.74, 6) is -1.63. The lowest BCUT2D eigenvalue weighted by atomic mass is 10.1. The van der Waals surface area contributed by atoms with E-state index in [0.717, 1.165) is 0 Å². The number of rotatable bonds is 4. The first-order chi connectivity index (χ1) is 8.18. The molecule has 1 heterocycles. The van der Waals surface area contributed by atoms with Crippen LogP contribution >= 0.6 is 0 Å². The van der Waals surface area contributed by atoms with Crippen LogP contribution in [0.15, 0.2) is 35.2 Å². The topological polar surface area (TPSA) is 72.5 Å². The van der Waals surface area contributed by atoms with Gasteiger partial charge in [-0.3, -0.25) is 9.00 Å². The number of amides is 1. The van der Waals surface area contributed by atoms with Gasteiger partial charge < -0.3 is 4.84 Å². The Kier molecular flexibility index (Phi) is 3.53. The summed E-state index contributed by atoms with van der Waals surface area (Å²) in [6.07, 6.45) is 0.228. The van der Waals surface area contributed by atoms with Gasteiger partial charge in [-0.2, -0.15) is 5.48 Å². The van der Waals surface area contributed by atoms with Crippen LogP contribution in [-0.4, -0.2) is 21.8 Å². The second kappa shape index (κ2) is 5.09. The zero-order valence-electron chi connectivity index (χ0n) is 8.92. The van der Waals surface area contributed by atoms with E-state index in [1.165, 1.54) is 0 Å². The van der Waals surface area contributed by atoms with Gasteiger partial charge in [0.15, 0.2) is 0 Å². The molecule has 1 aliphatic heterocycles. The van der Waals surface area contributed by atoms with E-state index in [1.54, 1.807) is 24.3 Å². The molecule has 0 aliphatic carbocycles. The normalized spacial score (nSPS) is 20.8. The van der Waals surface area contributed by atoms with Crippen LogP contribution < -0.4 is 5.48 Å². The van der Waals surface area contributed by atoms with Crippen LogP contribution in [0.2, 0.25) is 0 Å². The van der Waals surface area contributed by atoms with Gasteiger partial charge in [0.2, 0.25) is 0 Å². The van der Waals surface area contributed by atoms with Crippen LogP contribution in [0.4, 0.5) is 0 Å². The third kappa shape index (κ3) is 2.71. The predicted molar refractivity (Wildman–Crippen MR) is 60.1 cm³/mol. The fourth-order valence-electron chi connectivity index (χ4n) is 1.51. The first-order valence-electron chi connectivity index (χ1n) is 5.12. The Bertz CT molecular complexity index is 444. The Morgan fingerprint density at radius 3 is 2.53 bits per heavy atom. The van der Waals surface area contributed by atoms with Crippen LogP contribution in [-0.2, 0) is 25.2 Å². The van der Waals surface area contributed by atoms with E-state index in [9.17, 15) is 13.8 Å². The van der Waals surface area contributed by atoms with Crippen LogP contribution in [0.5, 0.6) is 0 Å². The van der Waals surface area contributed by atoms with Crippen LogP contribution in [0.25, 0.3) is 0 Å². The molecule has 1 amide bonds. The summed E-state index contributed by atoms with van der Waals surface area (Å²) in [7, 11) is -1.20. The predicted octanol–water partition coefficient (Wildman–Crippen LogP) is 0.388. The minimum Gasteiger partial charge on any atom is -0.340 e. The molecule has 0 radical (unpaired) electrons. The van der Waals surface area contributed by atoms with Crippen molar-refractivity contribution in [2.24, 2.45) is 5.92 Å². The largest absolute Gasteiger partial charge is 0.344 e. The molecule has 1 fully saturated rings. The van der Waals surface area contributed by atoms with Crippen LogP contribution in [0, 0.1) is 5.92 Å². The van der Waals surface area contributed by atoms with Crippen molar-refractivity contribution in [1.82, 2.24) is 5.48 Å². The standard InChI is InChI=1S/C11H11NO4S/c13-10-9(11(14)16-12-10)6-7-17(15)8-4-2-1-3-5-8/h1-5,9H,6-7H2,(H,12,13). The van der Waals surface area contributed by atoms with Crippen molar-refractivity contribution in [2.45, 2.75) is 11.3 Å². The SMILES string of the molecule is O=C1NOC(=O)C1CCS(=O)c1ccccc1. The van der Waals surface area contributed by atoms with Crippen molar-refractivity contribution in [2.75, 3.05) is 5.75 Å². The van der Waals surface area contributed by atoms with Crippen LogP contribution in [0.1, 0.15) is 6.42 Å². The summed E-state index contributed by atoms with van der Waals surface area (Å²) in [6, 6.07) is 8.93. The van der Waals surface area contributed by atoms with E-state index in [4.69, 9.17) is 0 Å². The molecule has 2 atom stereocenters. The minimum absolute atomic E-state index is 0.228. The zero-order valence-corrected chi connectivity index (χ0v) is 9.74. The highest BCUT2D eigenvalue weighted by Crippen LogP contribution is 2.14. The molecular formula is C11H11NO4S. The fourth-order valence-corrected chi connectivity index (χ4v) is 2.66. The molecule has 1 aromatic rings. The Morgan fingerprint density at radius 2 is 1.94 bits per heavy atom. The van der Waals surface area contributed by atoms with Crippen LogP contribution in [0.3, 0.4) is 0 Å². The smallest absolute Gasteiger partial charge is 0.340 e. The summed E-state index contributed by atoms with van der Waals surface area (Å²) in [5, 5.41) is 0. The van der Waals surface area contributed by atoms with Crippen molar-refractivity contribution in [1.29, 1.82) is 0 Å². The summed E-state index contributed by atoms with van der Waals surface area (Å²) < 4.78 is 11.8. The van der Waals surface area contributed by atoms with Gasteiger partial charge in [0, 0.05) is 10.6 Å².